The maximum Gasteiger partial charge on any atom is 0.0376 e. The molecule has 0 radical (unpaired) electrons. The van der Waals surface area contributed by atoms with Gasteiger partial charge < -0.3 is 5.32 Å². The molecule has 1 aromatic rings. The minimum Gasteiger partial charge on any atom is -0.384 e. The summed E-state index contributed by atoms with van der Waals surface area (Å²) in [5, 5.41) is 3.46. The highest BCUT2D eigenvalue weighted by atomic mass is 14.9. The molecule has 0 saturated heterocycles. The van der Waals surface area contributed by atoms with Crippen LogP contribution in [0.3, 0.4) is 0 Å². The second-order valence-electron chi connectivity index (χ2n) is 4.78. The van der Waals surface area contributed by atoms with Crippen LogP contribution in [0.25, 0.3) is 0 Å². The van der Waals surface area contributed by atoms with Gasteiger partial charge in [0.2, 0.25) is 0 Å². The highest BCUT2D eigenvalue weighted by Gasteiger charge is 2.27. The van der Waals surface area contributed by atoms with Gasteiger partial charge in [-0.2, -0.15) is 0 Å². The van der Waals surface area contributed by atoms with E-state index in [1.54, 1.807) is 11.1 Å². The predicted octanol–water partition coefficient (Wildman–Crippen LogP) is 3.73. The van der Waals surface area contributed by atoms with E-state index in [-0.39, 0.29) is 0 Å². The monoisotopic (exact) mass is 203 g/mol. The summed E-state index contributed by atoms with van der Waals surface area (Å²) in [5.41, 5.74) is 4.84. The van der Waals surface area contributed by atoms with Crippen LogP contribution in [0.1, 0.15) is 44.7 Å². The van der Waals surface area contributed by atoms with Gasteiger partial charge in [-0.3, -0.25) is 0 Å². The third-order valence-corrected chi connectivity index (χ3v) is 4.08. The Hall–Kier alpha value is -0.980. The van der Waals surface area contributed by atoms with Gasteiger partial charge in [0.05, 0.1) is 0 Å². The van der Waals surface area contributed by atoms with Crippen LogP contribution in [0.15, 0.2) is 18.2 Å². The topological polar surface area (TPSA) is 12.0 Å². The molecule has 1 heteroatoms. The third-order valence-electron chi connectivity index (χ3n) is 4.08. The second-order valence-corrected chi connectivity index (χ2v) is 4.78. The van der Waals surface area contributed by atoms with Crippen molar-refractivity contribution >= 4 is 5.69 Å². The third kappa shape index (κ3) is 1.64. The maximum atomic E-state index is 3.46. The number of rotatable bonds is 3. The van der Waals surface area contributed by atoms with Crippen molar-refractivity contribution in [3.05, 3.63) is 29.3 Å². The van der Waals surface area contributed by atoms with E-state index in [4.69, 9.17) is 0 Å². The Bertz CT molecular complexity index is 350. The van der Waals surface area contributed by atoms with Crippen LogP contribution in [0.5, 0.6) is 0 Å². The van der Waals surface area contributed by atoms with E-state index in [9.17, 15) is 0 Å². The molecule has 1 nitrogen and oxygen atoms in total. The van der Waals surface area contributed by atoms with E-state index in [1.165, 1.54) is 24.9 Å². The predicted molar refractivity (Wildman–Crippen MR) is 66.6 cm³/mol. The fourth-order valence-electron chi connectivity index (χ4n) is 2.54. The smallest absolute Gasteiger partial charge is 0.0376 e. The van der Waals surface area contributed by atoms with Gasteiger partial charge in [0.15, 0.2) is 0 Å². The van der Waals surface area contributed by atoms with Crippen LogP contribution in [0, 0.1) is 0 Å². The van der Waals surface area contributed by atoms with Crippen LogP contribution >= 0.6 is 0 Å². The molecule has 0 aromatic heterocycles. The minimum atomic E-state index is 0.358. The van der Waals surface area contributed by atoms with Gasteiger partial charge in [0.1, 0.15) is 0 Å². The molecule has 1 aliphatic heterocycles. The summed E-state index contributed by atoms with van der Waals surface area (Å²) >= 11 is 0. The summed E-state index contributed by atoms with van der Waals surface area (Å²) in [6.45, 7) is 8.09. The number of anilines is 1. The van der Waals surface area contributed by atoms with Gasteiger partial charge >= 0.3 is 0 Å². The zero-order valence-corrected chi connectivity index (χ0v) is 10.1. The van der Waals surface area contributed by atoms with Crippen LogP contribution < -0.4 is 5.32 Å². The number of hydrogen-bond donors (Lipinski definition) is 1. The van der Waals surface area contributed by atoms with Gasteiger partial charge in [0.25, 0.3) is 0 Å². The Labute approximate surface area is 92.9 Å². The van der Waals surface area contributed by atoms with Crippen LogP contribution in [-0.2, 0) is 11.8 Å². The van der Waals surface area contributed by atoms with Crippen LogP contribution in [0.4, 0.5) is 5.69 Å². The highest BCUT2D eigenvalue weighted by molar-refractivity contribution is 5.60. The van der Waals surface area contributed by atoms with Crippen molar-refractivity contribution in [2.24, 2.45) is 0 Å². The number of fused-ring (bicyclic) bond motifs is 1. The van der Waals surface area contributed by atoms with Crippen LogP contribution in [-0.4, -0.2) is 6.54 Å². The molecule has 0 bridgehead atoms. The zero-order valence-electron chi connectivity index (χ0n) is 10.1. The first-order valence-electron chi connectivity index (χ1n) is 6.07. The Balaban J connectivity index is 2.48. The summed E-state index contributed by atoms with van der Waals surface area (Å²) in [5.74, 6) is 0. The molecule has 0 fully saturated rings. The fraction of sp³-hybridized carbons (Fsp3) is 0.571. The lowest BCUT2D eigenvalue weighted by Gasteiger charge is -2.29. The van der Waals surface area contributed by atoms with Gasteiger partial charge in [-0.15, -0.1) is 0 Å². The Kier molecular flexibility index (Phi) is 2.72. The molecule has 15 heavy (non-hydrogen) atoms. The summed E-state index contributed by atoms with van der Waals surface area (Å²) < 4.78 is 0. The lowest BCUT2D eigenvalue weighted by Crippen LogP contribution is -2.21. The average molecular weight is 203 g/mol. The molecule has 82 valence electrons. The normalized spacial score (nSPS) is 14.9. The SMILES string of the molecule is CCC(C)(CC)c1cccc2c1CCN2. The summed E-state index contributed by atoms with van der Waals surface area (Å²) in [7, 11) is 0. The summed E-state index contributed by atoms with van der Waals surface area (Å²) in [4.78, 5) is 0. The quantitative estimate of drug-likeness (QED) is 0.789. The standard InChI is InChI=1S/C14H21N/c1-4-14(3,5-2)12-7-6-8-13-11(12)9-10-15-13/h6-8,15H,4-5,9-10H2,1-3H3. The van der Waals surface area contributed by atoms with Crippen molar-refractivity contribution in [2.45, 2.75) is 45.4 Å². The fourth-order valence-corrected chi connectivity index (χ4v) is 2.54. The van der Waals surface area contributed by atoms with Crippen molar-refractivity contribution in [3.8, 4) is 0 Å². The van der Waals surface area contributed by atoms with E-state index in [0.29, 0.717) is 5.41 Å². The molecule has 0 atom stereocenters. The Morgan fingerprint density at radius 3 is 2.67 bits per heavy atom. The molecule has 2 rings (SSSR count). The van der Waals surface area contributed by atoms with Crippen molar-refractivity contribution in [1.29, 1.82) is 0 Å². The molecular weight excluding hydrogens is 182 g/mol. The highest BCUT2D eigenvalue weighted by Crippen LogP contribution is 2.37. The molecule has 0 amide bonds. The molecular formula is C14H21N. The number of benzene rings is 1. The summed E-state index contributed by atoms with van der Waals surface area (Å²) in [6.07, 6.45) is 3.64. The van der Waals surface area contributed by atoms with Crippen LogP contribution in [0.2, 0.25) is 0 Å². The molecule has 1 aromatic carbocycles. The minimum absolute atomic E-state index is 0.358. The molecule has 1 N–H and O–H groups in total. The van der Waals surface area contributed by atoms with E-state index in [0.717, 1.165) is 6.54 Å². The van der Waals surface area contributed by atoms with Gasteiger partial charge in [-0.05, 0) is 41.9 Å². The summed E-state index contributed by atoms with van der Waals surface area (Å²) in [6, 6.07) is 6.71. The molecule has 0 spiro atoms. The number of nitrogens with one attached hydrogen (secondary N) is 1. The largest absolute Gasteiger partial charge is 0.384 e. The van der Waals surface area contributed by atoms with Crippen molar-refractivity contribution in [1.82, 2.24) is 0 Å². The molecule has 0 aliphatic carbocycles. The maximum absolute atomic E-state index is 3.46. The molecule has 0 unspecified atom stereocenters. The Morgan fingerprint density at radius 1 is 1.27 bits per heavy atom. The average Bonchev–Trinajstić information content (AvgIpc) is 2.75. The van der Waals surface area contributed by atoms with E-state index >= 15 is 0 Å². The molecule has 0 saturated carbocycles. The van der Waals surface area contributed by atoms with E-state index in [1.807, 2.05) is 0 Å². The lowest BCUT2D eigenvalue weighted by molar-refractivity contribution is 0.436. The first kappa shape index (κ1) is 10.5. The molecule has 1 aliphatic rings. The van der Waals surface area contributed by atoms with Crippen molar-refractivity contribution in [3.63, 3.8) is 0 Å². The molecule has 1 heterocycles. The first-order valence-corrected chi connectivity index (χ1v) is 6.07. The van der Waals surface area contributed by atoms with E-state index in [2.05, 4.69) is 44.3 Å². The lowest BCUT2D eigenvalue weighted by atomic mass is 9.75. The van der Waals surface area contributed by atoms with Gasteiger partial charge in [0, 0.05) is 12.2 Å². The second kappa shape index (κ2) is 3.88. The van der Waals surface area contributed by atoms with E-state index < -0.39 is 0 Å². The number of hydrogen-bond acceptors (Lipinski definition) is 1. The Morgan fingerprint density at radius 2 is 2.00 bits per heavy atom. The van der Waals surface area contributed by atoms with Gasteiger partial charge in [-0.25, -0.2) is 0 Å². The first-order chi connectivity index (χ1) is 7.21. The zero-order chi connectivity index (χ0) is 10.9. The van der Waals surface area contributed by atoms with Crippen molar-refractivity contribution in [2.75, 3.05) is 11.9 Å². The van der Waals surface area contributed by atoms with Gasteiger partial charge in [-0.1, -0.05) is 32.9 Å². The van der Waals surface area contributed by atoms with Crippen molar-refractivity contribution < 1.29 is 0 Å².